The number of nitrogens with zero attached hydrogens (tertiary/aromatic N) is 1. The van der Waals surface area contributed by atoms with Crippen molar-refractivity contribution in [2.45, 2.75) is 12.5 Å². The summed E-state index contributed by atoms with van der Waals surface area (Å²) in [5.41, 5.74) is 6.60. The molecule has 2 aliphatic heterocycles. The average molecular weight is 266 g/mol. The Morgan fingerprint density at radius 1 is 1.00 bits per heavy atom. The first-order chi connectivity index (χ1) is 9.90. The minimum atomic E-state index is 0.247. The van der Waals surface area contributed by atoms with Crippen molar-refractivity contribution in [1.29, 1.82) is 0 Å². The van der Waals surface area contributed by atoms with Crippen LogP contribution in [0.1, 0.15) is 23.6 Å². The van der Waals surface area contributed by atoms with Crippen molar-refractivity contribution in [3.63, 3.8) is 0 Å². The number of ether oxygens (including phenoxy) is 2. The van der Waals surface area contributed by atoms with Gasteiger partial charge in [-0.05, 0) is 23.8 Å². The zero-order valence-corrected chi connectivity index (χ0v) is 10.9. The first-order valence-corrected chi connectivity index (χ1v) is 6.67. The maximum Gasteiger partial charge on any atom is 0.231 e. The monoisotopic (exact) mass is 266 g/mol. The Balaban J connectivity index is 1.56. The molecule has 0 unspecified atom stereocenters. The van der Waals surface area contributed by atoms with E-state index in [1.165, 1.54) is 5.56 Å². The van der Waals surface area contributed by atoms with Gasteiger partial charge in [-0.2, -0.15) is 5.10 Å². The molecule has 4 rings (SSSR count). The minimum Gasteiger partial charge on any atom is -0.454 e. The number of rotatable bonds is 2. The Morgan fingerprint density at radius 2 is 1.85 bits per heavy atom. The molecule has 2 aromatic carbocycles. The molecule has 0 amide bonds. The van der Waals surface area contributed by atoms with Crippen LogP contribution < -0.4 is 14.9 Å². The van der Waals surface area contributed by atoms with E-state index in [0.717, 1.165) is 29.2 Å². The van der Waals surface area contributed by atoms with Gasteiger partial charge in [0.25, 0.3) is 0 Å². The molecule has 20 heavy (non-hydrogen) atoms. The second kappa shape index (κ2) is 4.56. The van der Waals surface area contributed by atoms with E-state index in [1.807, 2.05) is 24.3 Å². The molecule has 2 heterocycles. The Kier molecular flexibility index (Phi) is 2.59. The summed E-state index contributed by atoms with van der Waals surface area (Å²) in [6.45, 7) is 0.302. The maximum atomic E-state index is 5.41. The molecule has 2 aliphatic rings. The predicted octanol–water partition coefficient (Wildman–Crippen LogP) is 2.85. The van der Waals surface area contributed by atoms with Crippen LogP contribution in [-0.2, 0) is 0 Å². The number of fused-ring (bicyclic) bond motifs is 1. The molecule has 1 N–H and O–H groups in total. The number of hydrogen-bond acceptors (Lipinski definition) is 4. The smallest absolute Gasteiger partial charge is 0.231 e. The lowest BCUT2D eigenvalue weighted by Gasteiger charge is -2.09. The first kappa shape index (κ1) is 11.3. The standard InChI is InChI=1S/C16H14N2O2/c1-2-4-11(5-3-1)13-9-14(18-17-13)12-6-7-15-16(8-12)20-10-19-15/h1-8,13,17H,9-10H2/t13-/m1/s1. The molecule has 0 fully saturated rings. The number of benzene rings is 2. The molecular weight excluding hydrogens is 252 g/mol. The summed E-state index contributed by atoms with van der Waals surface area (Å²) in [4.78, 5) is 0. The molecule has 0 saturated carbocycles. The van der Waals surface area contributed by atoms with Crippen LogP contribution in [0.15, 0.2) is 53.6 Å². The van der Waals surface area contributed by atoms with Crippen molar-refractivity contribution in [3.05, 3.63) is 59.7 Å². The summed E-state index contributed by atoms with van der Waals surface area (Å²) in [6.07, 6.45) is 0.879. The SMILES string of the molecule is c1ccc([C@H]2CC(c3ccc4c(c3)OCO4)=NN2)cc1. The largest absolute Gasteiger partial charge is 0.454 e. The second-order valence-corrected chi connectivity index (χ2v) is 4.92. The van der Waals surface area contributed by atoms with Gasteiger partial charge in [0.2, 0.25) is 6.79 Å². The molecule has 4 nitrogen and oxygen atoms in total. The third-order valence-electron chi connectivity index (χ3n) is 3.66. The Labute approximate surface area is 117 Å². The van der Waals surface area contributed by atoms with E-state index in [2.05, 4.69) is 34.8 Å². The fourth-order valence-corrected chi connectivity index (χ4v) is 2.58. The number of hydrazone groups is 1. The Morgan fingerprint density at radius 3 is 2.75 bits per heavy atom. The highest BCUT2D eigenvalue weighted by Gasteiger charge is 2.22. The molecule has 0 saturated heterocycles. The van der Waals surface area contributed by atoms with E-state index in [1.54, 1.807) is 0 Å². The quantitative estimate of drug-likeness (QED) is 0.909. The van der Waals surface area contributed by atoms with Gasteiger partial charge in [-0.1, -0.05) is 30.3 Å². The summed E-state index contributed by atoms with van der Waals surface area (Å²) in [5.74, 6) is 1.60. The van der Waals surface area contributed by atoms with E-state index >= 15 is 0 Å². The van der Waals surface area contributed by atoms with Gasteiger partial charge in [0.15, 0.2) is 11.5 Å². The van der Waals surface area contributed by atoms with Gasteiger partial charge >= 0.3 is 0 Å². The second-order valence-electron chi connectivity index (χ2n) is 4.92. The third kappa shape index (κ3) is 1.90. The van der Waals surface area contributed by atoms with Gasteiger partial charge < -0.3 is 14.9 Å². The van der Waals surface area contributed by atoms with Gasteiger partial charge in [-0.25, -0.2) is 0 Å². The van der Waals surface area contributed by atoms with E-state index in [4.69, 9.17) is 9.47 Å². The lowest BCUT2D eigenvalue weighted by atomic mass is 9.99. The topological polar surface area (TPSA) is 42.9 Å². The van der Waals surface area contributed by atoms with E-state index in [9.17, 15) is 0 Å². The first-order valence-electron chi connectivity index (χ1n) is 6.67. The highest BCUT2D eigenvalue weighted by Crippen LogP contribution is 2.34. The normalized spacial score (nSPS) is 19.6. The van der Waals surface area contributed by atoms with Gasteiger partial charge in [0.05, 0.1) is 11.8 Å². The van der Waals surface area contributed by atoms with Crippen LogP contribution in [0.3, 0.4) is 0 Å². The molecule has 100 valence electrons. The maximum absolute atomic E-state index is 5.41. The minimum absolute atomic E-state index is 0.247. The van der Waals surface area contributed by atoms with Crippen molar-refractivity contribution < 1.29 is 9.47 Å². The van der Waals surface area contributed by atoms with E-state index < -0.39 is 0 Å². The van der Waals surface area contributed by atoms with Crippen molar-refractivity contribution in [2.75, 3.05) is 6.79 Å². The molecule has 2 aromatic rings. The lowest BCUT2D eigenvalue weighted by Crippen LogP contribution is -2.09. The van der Waals surface area contributed by atoms with Crippen molar-refractivity contribution in [2.24, 2.45) is 5.10 Å². The zero-order chi connectivity index (χ0) is 13.4. The van der Waals surface area contributed by atoms with Crippen LogP contribution in [0.4, 0.5) is 0 Å². The fraction of sp³-hybridized carbons (Fsp3) is 0.188. The van der Waals surface area contributed by atoms with Crippen LogP contribution in [0.25, 0.3) is 0 Å². The predicted molar refractivity (Wildman–Crippen MR) is 76.0 cm³/mol. The van der Waals surface area contributed by atoms with Gasteiger partial charge in [-0.15, -0.1) is 0 Å². The summed E-state index contributed by atoms with van der Waals surface area (Å²) < 4.78 is 10.7. The number of hydrogen-bond donors (Lipinski definition) is 1. The summed E-state index contributed by atoms with van der Waals surface area (Å²) >= 11 is 0. The molecule has 0 spiro atoms. The summed E-state index contributed by atoms with van der Waals surface area (Å²) in [6, 6.07) is 16.6. The number of nitrogens with one attached hydrogen (secondary N) is 1. The van der Waals surface area contributed by atoms with Crippen LogP contribution in [0.2, 0.25) is 0 Å². The van der Waals surface area contributed by atoms with Gasteiger partial charge in [0.1, 0.15) is 0 Å². The van der Waals surface area contributed by atoms with Crippen LogP contribution >= 0.6 is 0 Å². The highest BCUT2D eigenvalue weighted by atomic mass is 16.7. The van der Waals surface area contributed by atoms with E-state index in [-0.39, 0.29) is 6.04 Å². The van der Waals surface area contributed by atoms with Crippen LogP contribution in [-0.4, -0.2) is 12.5 Å². The molecular formula is C16H14N2O2. The average Bonchev–Trinajstić information content (AvgIpc) is 3.16. The molecule has 0 aromatic heterocycles. The summed E-state index contributed by atoms with van der Waals surface area (Å²) in [5, 5.41) is 4.46. The molecule has 0 bridgehead atoms. The fourth-order valence-electron chi connectivity index (χ4n) is 2.58. The molecule has 0 aliphatic carbocycles. The zero-order valence-electron chi connectivity index (χ0n) is 10.9. The Hall–Kier alpha value is -2.49. The van der Waals surface area contributed by atoms with Crippen LogP contribution in [0, 0.1) is 0 Å². The molecule has 4 heteroatoms. The highest BCUT2D eigenvalue weighted by molar-refractivity contribution is 6.02. The Bertz CT molecular complexity index is 667. The van der Waals surface area contributed by atoms with Crippen molar-refractivity contribution in [3.8, 4) is 11.5 Å². The van der Waals surface area contributed by atoms with Gasteiger partial charge in [0, 0.05) is 12.0 Å². The lowest BCUT2D eigenvalue weighted by molar-refractivity contribution is 0.174. The third-order valence-corrected chi connectivity index (χ3v) is 3.66. The van der Waals surface area contributed by atoms with Crippen molar-refractivity contribution >= 4 is 5.71 Å². The molecule has 1 atom stereocenters. The molecule has 0 radical (unpaired) electrons. The van der Waals surface area contributed by atoms with Crippen LogP contribution in [0.5, 0.6) is 11.5 Å². The summed E-state index contributed by atoms with van der Waals surface area (Å²) in [7, 11) is 0. The van der Waals surface area contributed by atoms with Gasteiger partial charge in [-0.3, -0.25) is 0 Å². The van der Waals surface area contributed by atoms with E-state index in [0.29, 0.717) is 6.79 Å². The van der Waals surface area contributed by atoms with Crippen molar-refractivity contribution in [1.82, 2.24) is 5.43 Å².